The summed E-state index contributed by atoms with van der Waals surface area (Å²) in [6.45, 7) is 18.4. The van der Waals surface area contributed by atoms with Gasteiger partial charge in [-0.15, -0.1) is 23.1 Å². The first kappa shape index (κ1) is 80.6. The maximum Gasteiger partial charge on any atom is 0.501 e. The van der Waals surface area contributed by atoms with Crippen molar-refractivity contribution < 1.29 is 63.5 Å². The number of benzene rings is 5. The Labute approximate surface area is 637 Å². The number of rotatable bonds is 28. The number of hydrogen-bond donors (Lipinski definition) is 5. The largest absolute Gasteiger partial charge is 0.501 e. The Morgan fingerprint density at radius 2 is 1.52 bits per heavy atom. The summed E-state index contributed by atoms with van der Waals surface area (Å²) in [5.41, 5.74) is 1.07. The van der Waals surface area contributed by atoms with Crippen LogP contribution in [0.2, 0.25) is 5.02 Å². The van der Waals surface area contributed by atoms with E-state index in [0.29, 0.717) is 101 Å². The molecule has 4 fully saturated rings. The third-order valence-electron chi connectivity index (χ3n) is 21.1. The summed E-state index contributed by atoms with van der Waals surface area (Å²) in [5, 5.41) is 20.1. The number of halogens is 5. The quantitative estimate of drug-likeness (QED) is 0.0174. The van der Waals surface area contributed by atoms with Crippen molar-refractivity contribution in [2.45, 2.75) is 182 Å². The second-order valence-corrected chi connectivity index (χ2v) is 36.7. The number of carbonyl (C=O) groups excluding carboxylic acids is 5. The molecular formula is C78H95ClF4N10O10S4. The molecule has 5 N–H and O–H groups in total. The van der Waals surface area contributed by atoms with Crippen molar-refractivity contribution in [1.82, 2.24) is 39.9 Å². The second kappa shape index (κ2) is 33.8. The number of allylic oxidation sites excluding steroid dienone is 1. The Morgan fingerprint density at radius 1 is 0.813 bits per heavy atom. The number of aryl methyl sites for hydroxylation is 1. The Balaban J connectivity index is 0.655. The molecule has 5 aliphatic rings. The normalized spacial score (nSPS) is 20.3. The average molecular weight is 1570 g/mol. The van der Waals surface area contributed by atoms with Crippen molar-refractivity contribution >= 4 is 101 Å². The number of nitrogens with zero attached hydrogens (tertiary/aromatic N) is 6. The molecule has 1 aliphatic carbocycles. The summed E-state index contributed by atoms with van der Waals surface area (Å²) in [6, 6.07) is 27.2. The fraction of sp³-hybridized carbons (Fsp3) is 0.487. The summed E-state index contributed by atoms with van der Waals surface area (Å²) < 4.78 is 116. The van der Waals surface area contributed by atoms with Crippen LogP contribution in [-0.4, -0.2) is 183 Å². The number of thioether (sulfide) groups is 1. The molecule has 5 aromatic carbocycles. The van der Waals surface area contributed by atoms with Crippen molar-refractivity contribution in [2.75, 3.05) is 74.9 Å². The number of unbranched alkanes of at least 4 members (excludes halogenated alkanes) is 2. The molecule has 5 heterocycles. The molecular weight excluding hydrogens is 1480 g/mol. The van der Waals surface area contributed by atoms with Gasteiger partial charge >= 0.3 is 5.51 Å². The number of carbonyl (C=O) groups is 5. The zero-order valence-electron chi connectivity index (χ0n) is 61.3. The fourth-order valence-electron chi connectivity index (χ4n) is 15.2. The average Bonchev–Trinajstić information content (AvgIpc) is 1.68. The lowest BCUT2D eigenvalue weighted by atomic mass is 9.72. The van der Waals surface area contributed by atoms with Gasteiger partial charge < -0.3 is 35.8 Å². The third-order valence-corrected chi connectivity index (χ3v) is 26.4. The van der Waals surface area contributed by atoms with Gasteiger partial charge in [-0.1, -0.05) is 107 Å². The molecule has 576 valence electrons. The van der Waals surface area contributed by atoms with Gasteiger partial charge in [-0.25, -0.2) is 30.9 Å². The number of β-amino-alcohol motifs (C(OH)–C–C–N with tert-alkyl or cyclic N) is 1. The van der Waals surface area contributed by atoms with Crippen LogP contribution in [-0.2, 0) is 39.0 Å². The number of thiazole rings is 1. The second-order valence-electron chi connectivity index (χ2n) is 30.7. The molecule has 1 aromatic heterocycles. The molecule has 2 bridgehead atoms. The SMILES string of the molecule is Cc1ncsc1-c1ccc([C@H](C)NC(=O)[C@@H]2C[C@@H](O)CN2C(=O)[C@@H](NC(=O)CCCCCC(=O)N2C[C@@H]3C[C@H]2CN3CC[C@H](CSc2ccccc2)Nc2ccc(S(=O)(=O)NC(=O)c3ccc(N4CCN(CC5=C(c6ccc(Cl)cc6F)CCC(C)(C)C5)CC4)cc3)cc2S(=O)(=O)C(F)(F)F)C(C)(C)C)cc1. The van der Waals surface area contributed by atoms with Crippen LogP contribution >= 0.6 is 34.7 Å². The lowest BCUT2D eigenvalue weighted by Gasteiger charge is -2.39. The molecule has 7 atom stereocenters. The lowest BCUT2D eigenvalue weighted by Crippen LogP contribution is -2.57. The highest BCUT2D eigenvalue weighted by Gasteiger charge is 2.50. The summed E-state index contributed by atoms with van der Waals surface area (Å²) in [6.07, 6.45) is 4.47. The van der Waals surface area contributed by atoms with E-state index in [4.69, 9.17) is 11.6 Å². The van der Waals surface area contributed by atoms with E-state index in [2.05, 4.69) is 49.5 Å². The number of piperazine rings is 2. The highest BCUT2D eigenvalue weighted by Crippen LogP contribution is 2.45. The predicted octanol–water partition coefficient (Wildman–Crippen LogP) is 12.7. The Bertz CT molecular complexity index is 4480. The summed E-state index contributed by atoms with van der Waals surface area (Å²) >= 11 is 9.04. The first-order chi connectivity index (χ1) is 50.6. The zero-order chi connectivity index (χ0) is 76.9. The number of amides is 5. The van der Waals surface area contributed by atoms with Crippen LogP contribution in [0.15, 0.2) is 141 Å². The fourth-order valence-corrected chi connectivity index (χ4v) is 19.2. The zero-order valence-corrected chi connectivity index (χ0v) is 65.3. The molecule has 0 unspecified atom stereocenters. The molecule has 0 radical (unpaired) electrons. The number of anilines is 2. The van der Waals surface area contributed by atoms with E-state index in [1.54, 1.807) is 41.1 Å². The van der Waals surface area contributed by atoms with Gasteiger partial charge in [0.15, 0.2) is 0 Å². The maximum atomic E-state index is 15.2. The van der Waals surface area contributed by atoms with Gasteiger partial charge in [0.1, 0.15) is 22.8 Å². The number of aliphatic hydroxyl groups is 1. The van der Waals surface area contributed by atoms with Gasteiger partial charge in [0.05, 0.1) is 38.8 Å². The van der Waals surface area contributed by atoms with E-state index >= 15 is 4.39 Å². The van der Waals surface area contributed by atoms with Crippen LogP contribution in [0, 0.1) is 23.6 Å². The van der Waals surface area contributed by atoms with E-state index in [9.17, 15) is 59.1 Å². The third kappa shape index (κ3) is 19.8. The minimum Gasteiger partial charge on any atom is -0.391 e. The predicted molar refractivity (Wildman–Crippen MR) is 410 cm³/mol. The van der Waals surface area contributed by atoms with E-state index in [0.717, 1.165) is 69.2 Å². The van der Waals surface area contributed by atoms with Gasteiger partial charge in [0.25, 0.3) is 25.8 Å². The van der Waals surface area contributed by atoms with Crippen molar-refractivity contribution in [2.24, 2.45) is 10.8 Å². The molecule has 107 heavy (non-hydrogen) atoms. The first-order valence-corrected chi connectivity index (χ1v) is 41.6. The summed E-state index contributed by atoms with van der Waals surface area (Å²) in [5.74, 6) is -2.44. The summed E-state index contributed by atoms with van der Waals surface area (Å²) in [7, 11) is -11.2. The number of aromatic nitrogens is 1. The van der Waals surface area contributed by atoms with Crippen LogP contribution in [0.25, 0.3) is 16.0 Å². The molecule has 5 amide bonds. The minimum atomic E-state index is -6.20. The van der Waals surface area contributed by atoms with Crippen molar-refractivity contribution in [3.05, 3.63) is 160 Å². The first-order valence-electron chi connectivity index (χ1n) is 36.4. The minimum absolute atomic E-state index is 0.0251. The van der Waals surface area contributed by atoms with Crippen molar-refractivity contribution in [1.29, 1.82) is 0 Å². The Morgan fingerprint density at radius 3 is 2.18 bits per heavy atom. The number of fused-ring (bicyclic) bond motifs is 2. The number of alkyl halides is 3. The Hall–Kier alpha value is -7.44. The van der Waals surface area contributed by atoms with Gasteiger partial charge in [-0.2, -0.15) is 13.2 Å². The van der Waals surface area contributed by atoms with Crippen LogP contribution in [0.5, 0.6) is 0 Å². The van der Waals surface area contributed by atoms with Gasteiger partial charge in [-0.05, 0) is 153 Å². The number of likely N-dealkylation sites (tertiary alicyclic amines) is 3. The van der Waals surface area contributed by atoms with Crippen LogP contribution in [0.3, 0.4) is 0 Å². The molecule has 20 nitrogen and oxygen atoms in total. The standard InChI is InChI=1S/C78H95ClF4N10O10S4/c1-49(51-18-20-52(21-19-51)71-50(2)84-48-105-71)85-74(98)67-40-60(94)46-93(67)75(99)72(76(3,4)5)87-69(95)16-12-9-13-17-70(96)92-45-58-39-59(92)44-91(58)33-31-56(47-104-61-14-10-8-11-15-61)86-66-29-27-62(41-68(66)106(100,101)78(81,82)83)107(102,103)88-73(97)53-22-25-57(26-23-53)90-36-34-89(35-37-90)43-54-42-77(6,7)32-30-63(54)64-28-24-55(79)38-65(64)80/h8,10-11,14-15,18-29,38,41,48-49,56,58-60,67,72,86,94H,9,12-13,16-17,30-37,39-40,42-47H2,1-7H3,(H,85,98)(H,87,95)(H,88,97)/t49-,56+,58-,59-,60+,67-,72+/m0/s1. The van der Waals surface area contributed by atoms with Crippen LogP contribution < -0.4 is 25.6 Å². The smallest absolute Gasteiger partial charge is 0.391 e. The molecule has 0 saturated carbocycles. The van der Waals surface area contributed by atoms with Crippen molar-refractivity contribution in [3.63, 3.8) is 0 Å². The van der Waals surface area contributed by atoms with E-state index < -0.39 is 94.3 Å². The van der Waals surface area contributed by atoms with Gasteiger partial charge in [0, 0.05) is 129 Å². The van der Waals surface area contributed by atoms with Crippen LogP contribution in [0.4, 0.5) is 28.9 Å². The number of hydrogen-bond acceptors (Lipinski definition) is 17. The van der Waals surface area contributed by atoms with E-state index in [1.807, 2.05) is 98.8 Å². The van der Waals surface area contributed by atoms with Gasteiger partial charge in [-0.3, -0.25) is 33.8 Å². The molecule has 6 aromatic rings. The molecule has 0 spiro atoms. The molecule has 29 heteroatoms. The number of aliphatic hydroxyl groups excluding tert-OH is 1. The molecule has 4 saturated heterocycles. The number of sulfone groups is 1. The number of sulfonamides is 1. The van der Waals surface area contributed by atoms with Crippen molar-refractivity contribution in [3.8, 4) is 10.4 Å². The Kier molecular flexibility index (Phi) is 25.5. The van der Waals surface area contributed by atoms with E-state index in [-0.39, 0.29) is 72.3 Å². The monoisotopic (exact) mass is 1570 g/mol. The highest BCUT2D eigenvalue weighted by molar-refractivity contribution is 7.99. The highest BCUT2D eigenvalue weighted by atomic mass is 35.5. The topological polar surface area (TPSA) is 251 Å². The number of nitrogens with one attached hydrogen (secondary N) is 4. The maximum absolute atomic E-state index is 15.2. The lowest BCUT2D eigenvalue weighted by molar-refractivity contribution is -0.144. The summed E-state index contributed by atoms with van der Waals surface area (Å²) in [4.78, 5) is 83.0. The van der Waals surface area contributed by atoms with Gasteiger partial charge in [0.2, 0.25) is 23.6 Å². The van der Waals surface area contributed by atoms with E-state index in [1.165, 1.54) is 40.4 Å². The molecule has 4 aliphatic heterocycles. The molecule has 11 rings (SSSR count). The van der Waals surface area contributed by atoms with Crippen LogP contribution in [0.1, 0.15) is 145 Å².